The second kappa shape index (κ2) is 5.32. The molecule has 0 aliphatic heterocycles. The second-order valence-corrected chi connectivity index (χ2v) is 4.85. The number of hydrogen-bond donors (Lipinski definition) is 1. The highest BCUT2D eigenvalue weighted by Gasteiger charge is 2.10. The Morgan fingerprint density at radius 1 is 1.05 bits per heavy atom. The number of ether oxygens (including phenoxy) is 1. The van der Waals surface area contributed by atoms with E-state index in [1.807, 2.05) is 66.5 Å². The summed E-state index contributed by atoms with van der Waals surface area (Å²) in [4.78, 5) is 6.69. The van der Waals surface area contributed by atoms with E-state index in [0.717, 1.165) is 33.8 Å². The van der Waals surface area contributed by atoms with E-state index in [9.17, 15) is 0 Å². The molecule has 0 amide bonds. The number of benzene rings is 2. The van der Waals surface area contributed by atoms with Crippen molar-refractivity contribution >= 4 is 28.1 Å². The van der Waals surface area contributed by atoms with Gasteiger partial charge in [0.05, 0.1) is 18.3 Å². The van der Waals surface area contributed by atoms with E-state index in [0.29, 0.717) is 0 Å². The van der Waals surface area contributed by atoms with Crippen LogP contribution in [-0.4, -0.2) is 19.1 Å². The zero-order valence-electron chi connectivity index (χ0n) is 12.1. The van der Waals surface area contributed by atoms with Gasteiger partial charge in [-0.25, -0.2) is 4.98 Å². The third-order valence-corrected chi connectivity index (χ3v) is 3.49. The predicted molar refractivity (Wildman–Crippen MR) is 87.2 cm³/mol. The van der Waals surface area contributed by atoms with Crippen molar-refractivity contribution in [2.45, 2.75) is 0 Å². The zero-order valence-corrected chi connectivity index (χ0v) is 12.1. The fraction of sp³-hybridized carbons (Fsp3) is 0.118. The first-order valence-corrected chi connectivity index (χ1v) is 6.72. The average Bonchev–Trinajstić information content (AvgIpc) is 2.53. The SMILES string of the molecule is COc1ccccc1N(C)c1ccc2cc(N)ccc2n1. The molecule has 1 aromatic heterocycles. The van der Waals surface area contributed by atoms with Gasteiger partial charge < -0.3 is 15.4 Å². The van der Waals surface area contributed by atoms with Gasteiger partial charge in [-0.3, -0.25) is 0 Å². The fourth-order valence-corrected chi connectivity index (χ4v) is 2.35. The van der Waals surface area contributed by atoms with Crippen molar-refractivity contribution < 1.29 is 4.74 Å². The number of rotatable bonds is 3. The minimum absolute atomic E-state index is 0.745. The lowest BCUT2D eigenvalue weighted by Gasteiger charge is -2.21. The number of fused-ring (bicyclic) bond motifs is 1. The fourth-order valence-electron chi connectivity index (χ4n) is 2.35. The normalized spacial score (nSPS) is 10.6. The van der Waals surface area contributed by atoms with E-state index in [2.05, 4.69) is 4.98 Å². The molecular weight excluding hydrogens is 262 g/mol. The maximum atomic E-state index is 5.80. The Bertz CT molecular complexity index is 786. The van der Waals surface area contributed by atoms with Crippen LogP contribution in [0.1, 0.15) is 0 Å². The highest BCUT2D eigenvalue weighted by Crippen LogP contribution is 2.32. The molecule has 4 nitrogen and oxygen atoms in total. The van der Waals surface area contributed by atoms with Crippen LogP contribution in [0.5, 0.6) is 5.75 Å². The molecule has 0 aliphatic rings. The van der Waals surface area contributed by atoms with E-state index in [4.69, 9.17) is 10.5 Å². The maximum Gasteiger partial charge on any atom is 0.142 e. The summed E-state index contributed by atoms with van der Waals surface area (Å²) in [7, 11) is 3.65. The van der Waals surface area contributed by atoms with Gasteiger partial charge in [0.15, 0.2) is 0 Å². The van der Waals surface area contributed by atoms with Crippen molar-refractivity contribution in [1.29, 1.82) is 0 Å². The molecule has 4 heteroatoms. The van der Waals surface area contributed by atoms with Crippen LogP contribution in [-0.2, 0) is 0 Å². The lowest BCUT2D eigenvalue weighted by Crippen LogP contribution is -2.12. The van der Waals surface area contributed by atoms with Gasteiger partial charge >= 0.3 is 0 Å². The summed E-state index contributed by atoms with van der Waals surface area (Å²) in [6.45, 7) is 0. The largest absolute Gasteiger partial charge is 0.495 e. The summed E-state index contributed by atoms with van der Waals surface area (Å²) in [5.41, 5.74) is 8.44. The molecule has 0 bridgehead atoms. The minimum Gasteiger partial charge on any atom is -0.495 e. The molecule has 0 atom stereocenters. The molecule has 0 saturated carbocycles. The van der Waals surface area contributed by atoms with Crippen molar-refractivity contribution in [3.8, 4) is 5.75 Å². The molecule has 0 aliphatic carbocycles. The number of para-hydroxylation sites is 2. The van der Waals surface area contributed by atoms with Gasteiger partial charge in [0, 0.05) is 18.1 Å². The predicted octanol–water partition coefficient (Wildman–Crippen LogP) is 3.59. The van der Waals surface area contributed by atoms with E-state index in [1.165, 1.54) is 0 Å². The summed E-state index contributed by atoms with van der Waals surface area (Å²) < 4.78 is 5.41. The topological polar surface area (TPSA) is 51.4 Å². The molecule has 0 fully saturated rings. The number of hydrogen-bond acceptors (Lipinski definition) is 4. The van der Waals surface area contributed by atoms with Gasteiger partial charge in [0.25, 0.3) is 0 Å². The number of nitrogens with zero attached hydrogens (tertiary/aromatic N) is 2. The zero-order chi connectivity index (χ0) is 14.8. The standard InChI is InChI=1S/C17H17N3O/c1-20(15-5-3-4-6-16(15)21-2)17-10-7-12-11-13(18)8-9-14(12)19-17/h3-11H,18H2,1-2H3. The highest BCUT2D eigenvalue weighted by atomic mass is 16.5. The van der Waals surface area contributed by atoms with E-state index in [-0.39, 0.29) is 0 Å². The molecule has 21 heavy (non-hydrogen) atoms. The summed E-state index contributed by atoms with van der Waals surface area (Å²) in [5, 5.41) is 1.03. The van der Waals surface area contributed by atoms with Crippen LogP contribution in [0.4, 0.5) is 17.2 Å². The number of aromatic nitrogens is 1. The quantitative estimate of drug-likeness (QED) is 0.744. The Labute approximate surface area is 123 Å². The van der Waals surface area contributed by atoms with E-state index in [1.54, 1.807) is 7.11 Å². The van der Waals surface area contributed by atoms with Crippen LogP contribution in [0.15, 0.2) is 54.6 Å². The van der Waals surface area contributed by atoms with Gasteiger partial charge in [0.2, 0.25) is 0 Å². The monoisotopic (exact) mass is 279 g/mol. The van der Waals surface area contributed by atoms with Crippen LogP contribution in [0.3, 0.4) is 0 Å². The number of nitrogen functional groups attached to an aromatic ring is 1. The third kappa shape index (κ3) is 2.48. The first-order chi connectivity index (χ1) is 10.2. The Morgan fingerprint density at radius 2 is 1.86 bits per heavy atom. The van der Waals surface area contributed by atoms with Gasteiger partial charge in [-0.15, -0.1) is 0 Å². The molecule has 2 aromatic carbocycles. The van der Waals surface area contributed by atoms with Crippen molar-refractivity contribution in [1.82, 2.24) is 4.98 Å². The number of nitrogens with two attached hydrogens (primary N) is 1. The molecule has 0 radical (unpaired) electrons. The Kier molecular flexibility index (Phi) is 3.36. The summed E-state index contributed by atoms with van der Waals surface area (Å²) in [6.07, 6.45) is 0. The van der Waals surface area contributed by atoms with E-state index < -0.39 is 0 Å². The van der Waals surface area contributed by atoms with E-state index >= 15 is 0 Å². The van der Waals surface area contributed by atoms with Crippen molar-refractivity contribution in [3.05, 3.63) is 54.6 Å². The van der Waals surface area contributed by atoms with Crippen molar-refractivity contribution in [2.75, 3.05) is 24.8 Å². The summed E-state index contributed by atoms with van der Waals surface area (Å²) >= 11 is 0. The van der Waals surface area contributed by atoms with Crippen LogP contribution >= 0.6 is 0 Å². The minimum atomic E-state index is 0.745. The Morgan fingerprint density at radius 3 is 2.67 bits per heavy atom. The molecule has 0 unspecified atom stereocenters. The smallest absolute Gasteiger partial charge is 0.142 e. The lowest BCUT2D eigenvalue weighted by molar-refractivity contribution is 0.415. The first-order valence-electron chi connectivity index (χ1n) is 6.72. The Hall–Kier alpha value is -2.75. The molecule has 3 rings (SSSR count). The molecule has 3 aromatic rings. The highest BCUT2D eigenvalue weighted by molar-refractivity contribution is 5.84. The summed E-state index contributed by atoms with van der Waals surface area (Å²) in [6, 6.07) is 17.6. The van der Waals surface area contributed by atoms with Crippen molar-refractivity contribution in [2.24, 2.45) is 0 Å². The Balaban J connectivity index is 2.05. The van der Waals surface area contributed by atoms with Crippen LogP contribution < -0.4 is 15.4 Å². The van der Waals surface area contributed by atoms with Gasteiger partial charge in [-0.1, -0.05) is 12.1 Å². The number of methoxy groups -OCH3 is 1. The average molecular weight is 279 g/mol. The van der Waals surface area contributed by atoms with Crippen LogP contribution in [0.2, 0.25) is 0 Å². The summed E-state index contributed by atoms with van der Waals surface area (Å²) in [5.74, 6) is 1.68. The molecule has 0 saturated heterocycles. The van der Waals surface area contributed by atoms with Gasteiger partial charge in [-0.05, 0) is 42.5 Å². The maximum absolute atomic E-state index is 5.80. The van der Waals surface area contributed by atoms with Crippen LogP contribution in [0.25, 0.3) is 10.9 Å². The molecule has 2 N–H and O–H groups in total. The van der Waals surface area contributed by atoms with Crippen molar-refractivity contribution in [3.63, 3.8) is 0 Å². The molecule has 106 valence electrons. The molecule has 1 heterocycles. The van der Waals surface area contributed by atoms with Gasteiger partial charge in [0.1, 0.15) is 11.6 Å². The second-order valence-electron chi connectivity index (χ2n) is 4.85. The van der Waals surface area contributed by atoms with Crippen LogP contribution in [0, 0.1) is 0 Å². The molecule has 0 spiro atoms. The third-order valence-electron chi connectivity index (χ3n) is 3.49. The number of pyridine rings is 1. The first kappa shape index (κ1) is 13.2. The molecular formula is C17H17N3O. The lowest BCUT2D eigenvalue weighted by atomic mass is 10.2. The number of anilines is 3. The van der Waals surface area contributed by atoms with Gasteiger partial charge in [-0.2, -0.15) is 0 Å².